The minimum atomic E-state index is -4.33. The molecule has 0 saturated carbocycles. The Bertz CT molecular complexity index is 1780. The second-order valence-corrected chi connectivity index (χ2v) is 14.2. The van der Waals surface area contributed by atoms with Crippen LogP contribution in [0, 0.1) is 0 Å². The van der Waals surface area contributed by atoms with Gasteiger partial charge >= 0.3 is 0 Å². The molecule has 0 saturated heterocycles. The molecule has 2 amide bonds. The van der Waals surface area contributed by atoms with Gasteiger partial charge in [0.05, 0.1) is 24.8 Å². The quantitative estimate of drug-likeness (QED) is 0.183. The minimum absolute atomic E-state index is 0.0457. The molecule has 0 fully saturated rings. The number of methoxy groups -OCH3 is 2. The lowest BCUT2D eigenvalue weighted by Crippen LogP contribution is -2.56. The van der Waals surface area contributed by atoms with Gasteiger partial charge in [-0.15, -0.1) is 0 Å². The van der Waals surface area contributed by atoms with Gasteiger partial charge in [0.15, 0.2) is 0 Å². The molecule has 0 aromatic heterocycles. The van der Waals surface area contributed by atoms with E-state index in [1.807, 2.05) is 51.1 Å². The van der Waals surface area contributed by atoms with Crippen molar-refractivity contribution in [3.63, 3.8) is 0 Å². The van der Waals surface area contributed by atoms with Crippen LogP contribution in [0.4, 0.5) is 5.69 Å². The molecule has 9 nitrogen and oxygen atoms in total. The number of amides is 2. The first-order valence-electron chi connectivity index (χ1n) is 15.0. The fourth-order valence-corrected chi connectivity index (χ4v) is 6.66. The summed E-state index contributed by atoms with van der Waals surface area (Å²) in [5.41, 5.74) is 0.985. The number of anilines is 1. The van der Waals surface area contributed by atoms with Gasteiger partial charge in [0, 0.05) is 23.5 Å². The van der Waals surface area contributed by atoms with Crippen molar-refractivity contribution in [2.45, 2.75) is 50.2 Å². The number of ether oxygens (including phenoxy) is 2. The number of carbonyl (C=O) groups excluding carboxylic acids is 2. The molecule has 1 unspecified atom stereocenters. The third-order valence-corrected chi connectivity index (χ3v) is 9.49. The Labute approximate surface area is 282 Å². The topological polar surface area (TPSA) is 105 Å². The number of benzene rings is 4. The van der Waals surface area contributed by atoms with Crippen LogP contribution in [0.2, 0.25) is 5.02 Å². The van der Waals surface area contributed by atoms with Crippen LogP contribution in [0.5, 0.6) is 11.5 Å². The van der Waals surface area contributed by atoms with Crippen LogP contribution >= 0.6 is 11.6 Å². The molecule has 0 aliphatic heterocycles. The molecule has 4 aromatic carbocycles. The summed E-state index contributed by atoms with van der Waals surface area (Å²) in [6, 6.07) is 27.8. The van der Waals surface area contributed by atoms with Gasteiger partial charge in [0.1, 0.15) is 24.1 Å². The normalized spacial score (nSPS) is 12.1. The van der Waals surface area contributed by atoms with Crippen LogP contribution in [0.15, 0.2) is 108 Å². The maximum absolute atomic E-state index is 14.7. The number of hydrogen-bond acceptors (Lipinski definition) is 6. The smallest absolute Gasteiger partial charge is 0.264 e. The summed E-state index contributed by atoms with van der Waals surface area (Å²) in [6.45, 7) is 4.89. The van der Waals surface area contributed by atoms with Crippen molar-refractivity contribution in [3.05, 3.63) is 119 Å². The van der Waals surface area contributed by atoms with E-state index in [1.165, 1.54) is 43.4 Å². The van der Waals surface area contributed by atoms with Crippen LogP contribution in [0.3, 0.4) is 0 Å². The van der Waals surface area contributed by atoms with Crippen LogP contribution < -0.4 is 19.1 Å². The van der Waals surface area contributed by atoms with Gasteiger partial charge < -0.3 is 19.7 Å². The Kier molecular flexibility index (Phi) is 11.5. The van der Waals surface area contributed by atoms with E-state index in [4.69, 9.17) is 21.1 Å². The largest absolute Gasteiger partial charge is 0.497 e. The van der Waals surface area contributed by atoms with Gasteiger partial charge in [-0.25, -0.2) is 8.42 Å². The Morgan fingerprint density at radius 3 is 2.06 bits per heavy atom. The number of nitrogens with one attached hydrogen (secondary N) is 1. The van der Waals surface area contributed by atoms with Crippen molar-refractivity contribution in [1.29, 1.82) is 0 Å². The average Bonchev–Trinajstić information content (AvgIpc) is 3.05. The lowest BCUT2D eigenvalue weighted by molar-refractivity contribution is -0.140. The van der Waals surface area contributed by atoms with E-state index in [0.717, 1.165) is 9.87 Å². The molecule has 47 heavy (non-hydrogen) atoms. The number of nitrogens with zero attached hydrogens (tertiary/aromatic N) is 2. The molecule has 1 N–H and O–H groups in total. The van der Waals surface area contributed by atoms with E-state index in [0.29, 0.717) is 16.3 Å². The van der Waals surface area contributed by atoms with Gasteiger partial charge in [-0.3, -0.25) is 13.9 Å². The zero-order chi connectivity index (χ0) is 34.2. The third-order valence-electron chi connectivity index (χ3n) is 7.35. The summed E-state index contributed by atoms with van der Waals surface area (Å²) in [7, 11) is -1.42. The van der Waals surface area contributed by atoms with Crippen molar-refractivity contribution < 1.29 is 27.5 Å². The second kappa shape index (κ2) is 15.4. The fourth-order valence-electron chi connectivity index (χ4n) is 5.04. The van der Waals surface area contributed by atoms with Crippen LogP contribution in [0.1, 0.15) is 31.9 Å². The van der Waals surface area contributed by atoms with E-state index in [2.05, 4.69) is 5.32 Å². The summed E-state index contributed by atoms with van der Waals surface area (Å²) in [6.07, 6.45) is 0.179. The fraction of sp³-hybridized carbons (Fsp3) is 0.278. The molecule has 0 aliphatic carbocycles. The van der Waals surface area contributed by atoms with E-state index in [9.17, 15) is 18.0 Å². The number of hydrogen-bond donors (Lipinski definition) is 1. The Balaban J connectivity index is 1.85. The number of carbonyl (C=O) groups is 2. The van der Waals surface area contributed by atoms with E-state index < -0.39 is 34.1 Å². The van der Waals surface area contributed by atoms with Crippen LogP contribution in [-0.2, 0) is 32.6 Å². The van der Waals surface area contributed by atoms with Crippen molar-refractivity contribution in [2.24, 2.45) is 0 Å². The molecule has 248 valence electrons. The maximum atomic E-state index is 14.7. The molecule has 11 heteroatoms. The summed E-state index contributed by atoms with van der Waals surface area (Å²) in [5.74, 6) is -0.272. The maximum Gasteiger partial charge on any atom is 0.264 e. The zero-order valence-corrected chi connectivity index (χ0v) is 28.7. The highest BCUT2D eigenvalue weighted by molar-refractivity contribution is 7.92. The number of para-hydroxylation sites is 2. The number of halogens is 1. The number of sulfonamides is 1. The lowest BCUT2D eigenvalue weighted by atomic mass is 10.0. The molecule has 0 aliphatic rings. The molecule has 0 heterocycles. The minimum Gasteiger partial charge on any atom is -0.497 e. The summed E-state index contributed by atoms with van der Waals surface area (Å²) in [4.78, 5) is 30.0. The summed E-state index contributed by atoms with van der Waals surface area (Å²) < 4.78 is 40.4. The molecule has 4 aromatic rings. The first-order valence-corrected chi connectivity index (χ1v) is 16.8. The second-order valence-electron chi connectivity index (χ2n) is 11.9. The van der Waals surface area contributed by atoms with Gasteiger partial charge in [0.25, 0.3) is 10.0 Å². The molecule has 0 spiro atoms. The van der Waals surface area contributed by atoms with Crippen molar-refractivity contribution in [2.75, 3.05) is 25.1 Å². The standard InChI is InChI=1S/C36H40ClN3O6S/c1-36(2,3)38-35(42)32(23-26-13-7-6-8-14-26)39(24-27-15-9-10-16-30(27)37)34(41)25-40(31-17-11-12-18-33(31)46-5)47(43,44)29-21-19-28(45-4)20-22-29/h6-22,32H,23-25H2,1-5H3,(H,38,42). The van der Waals surface area contributed by atoms with Gasteiger partial charge in [-0.05, 0) is 74.4 Å². The van der Waals surface area contributed by atoms with E-state index >= 15 is 0 Å². The van der Waals surface area contributed by atoms with E-state index in [-0.39, 0.29) is 35.2 Å². The van der Waals surface area contributed by atoms with E-state index in [1.54, 1.807) is 48.5 Å². The highest BCUT2D eigenvalue weighted by Crippen LogP contribution is 2.33. The van der Waals surface area contributed by atoms with Crippen molar-refractivity contribution in [1.82, 2.24) is 10.2 Å². The monoisotopic (exact) mass is 677 g/mol. The zero-order valence-electron chi connectivity index (χ0n) is 27.1. The molecule has 0 radical (unpaired) electrons. The molecule has 4 rings (SSSR count). The van der Waals surface area contributed by atoms with Gasteiger partial charge in [-0.1, -0.05) is 72.3 Å². The Hall–Kier alpha value is -4.54. The molecule has 0 bridgehead atoms. The molecular weight excluding hydrogens is 638 g/mol. The average molecular weight is 678 g/mol. The SMILES string of the molecule is COc1ccc(S(=O)(=O)N(CC(=O)N(Cc2ccccc2Cl)C(Cc2ccccc2)C(=O)NC(C)(C)C)c2ccccc2OC)cc1. The number of rotatable bonds is 13. The first kappa shape index (κ1) is 35.3. The third kappa shape index (κ3) is 9.05. The lowest BCUT2D eigenvalue weighted by Gasteiger charge is -2.35. The molecular formula is C36H40ClN3O6S. The highest BCUT2D eigenvalue weighted by Gasteiger charge is 2.36. The van der Waals surface area contributed by atoms with Gasteiger partial charge in [0.2, 0.25) is 11.8 Å². The molecule has 1 atom stereocenters. The van der Waals surface area contributed by atoms with Crippen molar-refractivity contribution in [3.8, 4) is 11.5 Å². The highest BCUT2D eigenvalue weighted by atomic mass is 35.5. The van der Waals surface area contributed by atoms with Crippen molar-refractivity contribution >= 4 is 39.1 Å². The predicted octanol–water partition coefficient (Wildman–Crippen LogP) is 6.11. The Morgan fingerprint density at radius 1 is 0.830 bits per heavy atom. The predicted molar refractivity (Wildman–Crippen MR) is 184 cm³/mol. The van der Waals surface area contributed by atoms with Crippen LogP contribution in [-0.4, -0.2) is 57.5 Å². The van der Waals surface area contributed by atoms with Crippen LogP contribution in [0.25, 0.3) is 0 Å². The van der Waals surface area contributed by atoms with Gasteiger partial charge in [-0.2, -0.15) is 0 Å². The summed E-state index contributed by atoms with van der Waals surface area (Å²) in [5, 5.41) is 3.43. The first-order chi connectivity index (χ1) is 22.3. The Morgan fingerprint density at radius 2 is 1.45 bits per heavy atom. The summed E-state index contributed by atoms with van der Waals surface area (Å²) >= 11 is 6.57.